The molecule has 1 fully saturated rings. The molecule has 1 aliphatic heterocycles. The summed E-state index contributed by atoms with van der Waals surface area (Å²) in [7, 11) is 0. The molecule has 1 heterocycles. The molecule has 3 nitrogen and oxygen atoms in total. The van der Waals surface area contributed by atoms with Gasteiger partial charge in [-0.3, -0.25) is 14.5 Å². The number of nitrogens with zero attached hydrogens (tertiary/aromatic N) is 1. The quantitative estimate of drug-likeness (QED) is 0.738. The van der Waals surface area contributed by atoms with Crippen molar-refractivity contribution in [1.29, 1.82) is 0 Å². The number of benzene rings is 1. The van der Waals surface area contributed by atoms with Crippen LogP contribution in [0.5, 0.6) is 0 Å². The van der Waals surface area contributed by atoms with Crippen molar-refractivity contribution in [2.75, 3.05) is 4.90 Å². The molecule has 0 radical (unpaired) electrons. The van der Waals surface area contributed by atoms with Gasteiger partial charge in [-0.05, 0) is 24.3 Å². The van der Waals surface area contributed by atoms with Crippen LogP contribution in [0.15, 0.2) is 28.7 Å². The maximum atomic E-state index is 12.5. The molecule has 19 heavy (non-hydrogen) atoms. The van der Waals surface area contributed by atoms with Gasteiger partial charge in [0.1, 0.15) is 0 Å². The highest BCUT2D eigenvalue weighted by atomic mass is 79.9. The molecule has 2 amide bonds. The monoisotopic (exact) mass is 335 g/mol. The summed E-state index contributed by atoms with van der Waals surface area (Å²) in [5, 5.41) is 0. The number of rotatable bonds is 1. The molecular formula is C12H9BrF3NO2. The highest BCUT2D eigenvalue weighted by molar-refractivity contribution is 9.10. The molecule has 0 aromatic heterocycles. The third-order valence-corrected chi connectivity index (χ3v) is 3.42. The summed E-state index contributed by atoms with van der Waals surface area (Å²) in [6.07, 6.45) is -5.90. The predicted octanol–water partition coefficient (Wildman–Crippen LogP) is 3.28. The third kappa shape index (κ3) is 2.97. The van der Waals surface area contributed by atoms with Gasteiger partial charge < -0.3 is 0 Å². The average Bonchev–Trinajstić information content (AvgIpc) is 2.29. The zero-order valence-corrected chi connectivity index (χ0v) is 11.2. The van der Waals surface area contributed by atoms with Gasteiger partial charge in [-0.25, -0.2) is 0 Å². The van der Waals surface area contributed by atoms with E-state index < -0.39 is 36.8 Å². The summed E-state index contributed by atoms with van der Waals surface area (Å²) < 4.78 is 38.4. The Hall–Kier alpha value is -1.37. The molecular weight excluding hydrogens is 327 g/mol. The Morgan fingerprint density at radius 3 is 1.95 bits per heavy atom. The standard InChI is InChI=1S/C12H9BrF3NO2/c13-8-1-3-9(4-2-8)17-10(18)5-7(6-11(17)19)12(14,15)16/h1-4,7H,5-6H2. The van der Waals surface area contributed by atoms with Crippen LogP contribution in [0.3, 0.4) is 0 Å². The first-order chi connectivity index (χ1) is 8.79. The Morgan fingerprint density at radius 2 is 1.53 bits per heavy atom. The van der Waals surface area contributed by atoms with Gasteiger partial charge in [0.25, 0.3) is 0 Å². The van der Waals surface area contributed by atoms with Crippen LogP contribution < -0.4 is 4.90 Å². The lowest BCUT2D eigenvalue weighted by Crippen LogP contribution is -2.46. The summed E-state index contributed by atoms with van der Waals surface area (Å²) in [6.45, 7) is 0. The first-order valence-corrected chi connectivity index (χ1v) is 6.26. The molecule has 1 aromatic carbocycles. The van der Waals surface area contributed by atoms with Gasteiger partial charge in [-0.2, -0.15) is 13.2 Å². The van der Waals surface area contributed by atoms with Crippen LogP contribution in [-0.2, 0) is 9.59 Å². The highest BCUT2D eigenvalue weighted by Crippen LogP contribution is 2.36. The van der Waals surface area contributed by atoms with E-state index in [4.69, 9.17) is 0 Å². The van der Waals surface area contributed by atoms with E-state index in [2.05, 4.69) is 15.9 Å². The largest absolute Gasteiger partial charge is 0.392 e. The lowest BCUT2D eigenvalue weighted by atomic mass is 9.94. The minimum Gasteiger partial charge on any atom is -0.274 e. The molecule has 0 N–H and O–H groups in total. The van der Waals surface area contributed by atoms with E-state index >= 15 is 0 Å². The molecule has 1 saturated heterocycles. The second kappa shape index (κ2) is 4.96. The van der Waals surface area contributed by atoms with Crippen molar-refractivity contribution >= 4 is 33.4 Å². The third-order valence-electron chi connectivity index (χ3n) is 2.89. The zero-order chi connectivity index (χ0) is 14.2. The van der Waals surface area contributed by atoms with E-state index in [0.29, 0.717) is 5.69 Å². The lowest BCUT2D eigenvalue weighted by Gasteiger charge is -2.30. The van der Waals surface area contributed by atoms with Crippen LogP contribution in [-0.4, -0.2) is 18.0 Å². The molecule has 1 aromatic rings. The average molecular weight is 336 g/mol. The van der Waals surface area contributed by atoms with E-state index in [-0.39, 0.29) is 0 Å². The van der Waals surface area contributed by atoms with E-state index in [1.165, 1.54) is 12.1 Å². The number of halogens is 4. The number of carbonyl (C=O) groups excluding carboxylic acids is 2. The van der Waals surface area contributed by atoms with Crippen molar-refractivity contribution in [3.8, 4) is 0 Å². The summed E-state index contributed by atoms with van der Waals surface area (Å²) in [4.78, 5) is 24.3. The maximum absolute atomic E-state index is 12.5. The Labute approximate surface area is 115 Å². The van der Waals surface area contributed by atoms with Gasteiger partial charge in [-0.1, -0.05) is 15.9 Å². The van der Waals surface area contributed by atoms with Crippen LogP contribution >= 0.6 is 15.9 Å². The van der Waals surface area contributed by atoms with Crippen molar-refractivity contribution in [3.05, 3.63) is 28.7 Å². The molecule has 0 saturated carbocycles. The maximum Gasteiger partial charge on any atom is 0.392 e. The minimum atomic E-state index is -4.52. The molecule has 2 rings (SSSR count). The number of hydrogen-bond acceptors (Lipinski definition) is 2. The minimum absolute atomic E-state index is 0.291. The van der Waals surface area contributed by atoms with Crippen molar-refractivity contribution < 1.29 is 22.8 Å². The number of hydrogen-bond donors (Lipinski definition) is 0. The Morgan fingerprint density at radius 1 is 1.05 bits per heavy atom. The van der Waals surface area contributed by atoms with Gasteiger partial charge >= 0.3 is 6.18 Å². The van der Waals surface area contributed by atoms with E-state index in [9.17, 15) is 22.8 Å². The van der Waals surface area contributed by atoms with Gasteiger partial charge in [0, 0.05) is 17.3 Å². The van der Waals surface area contributed by atoms with Crippen molar-refractivity contribution in [1.82, 2.24) is 0 Å². The van der Waals surface area contributed by atoms with Crippen LogP contribution in [0.1, 0.15) is 12.8 Å². The highest BCUT2D eigenvalue weighted by Gasteiger charge is 2.47. The van der Waals surface area contributed by atoms with Crippen molar-refractivity contribution in [2.24, 2.45) is 5.92 Å². The van der Waals surface area contributed by atoms with Gasteiger partial charge in [0.15, 0.2) is 0 Å². The van der Waals surface area contributed by atoms with E-state index in [0.717, 1.165) is 9.37 Å². The molecule has 0 spiro atoms. The van der Waals surface area contributed by atoms with Crippen molar-refractivity contribution in [3.63, 3.8) is 0 Å². The smallest absolute Gasteiger partial charge is 0.274 e. The van der Waals surface area contributed by atoms with Gasteiger partial charge in [0.05, 0.1) is 11.6 Å². The number of amides is 2. The van der Waals surface area contributed by atoms with E-state index in [1.54, 1.807) is 12.1 Å². The number of piperidine rings is 1. The SMILES string of the molecule is O=C1CC(C(F)(F)F)CC(=O)N1c1ccc(Br)cc1. The number of imide groups is 1. The van der Waals surface area contributed by atoms with Crippen LogP contribution in [0.25, 0.3) is 0 Å². The van der Waals surface area contributed by atoms with Gasteiger partial charge in [-0.15, -0.1) is 0 Å². The topological polar surface area (TPSA) is 37.4 Å². The molecule has 0 atom stereocenters. The van der Waals surface area contributed by atoms with Crippen molar-refractivity contribution in [2.45, 2.75) is 19.0 Å². The lowest BCUT2D eigenvalue weighted by molar-refractivity contribution is -0.185. The molecule has 0 unspecified atom stereocenters. The second-order valence-corrected chi connectivity index (χ2v) is 5.16. The number of anilines is 1. The summed E-state index contributed by atoms with van der Waals surface area (Å²) in [5.41, 5.74) is 0.291. The Balaban J connectivity index is 2.23. The summed E-state index contributed by atoms with van der Waals surface area (Å²) in [5.74, 6) is -3.51. The molecule has 7 heteroatoms. The van der Waals surface area contributed by atoms with Crippen LogP contribution in [0, 0.1) is 5.92 Å². The fraction of sp³-hybridized carbons (Fsp3) is 0.333. The van der Waals surface area contributed by atoms with Gasteiger partial charge in [0.2, 0.25) is 11.8 Å². The number of alkyl halides is 3. The fourth-order valence-electron chi connectivity index (χ4n) is 1.92. The predicted molar refractivity (Wildman–Crippen MR) is 65.4 cm³/mol. The van der Waals surface area contributed by atoms with Crippen LogP contribution in [0.4, 0.5) is 18.9 Å². The zero-order valence-electron chi connectivity index (χ0n) is 9.58. The normalized spacial score (nSPS) is 18.0. The Kier molecular flexibility index (Phi) is 3.66. The first kappa shape index (κ1) is 14.0. The summed E-state index contributed by atoms with van der Waals surface area (Å²) >= 11 is 3.20. The fourth-order valence-corrected chi connectivity index (χ4v) is 2.19. The summed E-state index contributed by atoms with van der Waals surface area (Å²) in [6, 6.07) is 6.25. The van der Waals surface area contributed by atoms with Crippen LogP contribution in [0.2, 0.25) is 0 Å². The molecule has 102 valence electrons. The Bertz CT molecular complexity index is 495. The molecule has 1 aliphatic rings. The molecule has 0 aliphatic carbocycles. The van der Waals surface area contributed by atoms with E-state index in [1.807, 2.05) is 0 Å². The first-order valence-electron chi connectivity index (χ1n) is 5.47. The second-order valence-electron chi connectivity index (χ2n) is 4.25. The number of carbonyl (C=O) groups is 2. The molecule has 0 bridgehead atoms.